The van der Waals surface area contributed by atoms with E-state index in [0.29, 0.717) is 13.2 Å². The van der Waals surface area contributed by atoms with Gasteiger partial charge in [-0.15, -0.1) is 0 Å². The van der Waals surface area contributed by atoms with Crippen molar-refractivity contribution < 1.29 is 14.6 Å². The first-order chi connectivity index (χ1) is 14.7. The second-order valence-electron chi connectivity index (χ2n) is 7.84. The fraction of sp³-hybridized carbons (Fsp3) is 0.308. The fourth-order valence-electron chi connectivity index (χ4n) is 4.05. The van der Waals surface area contributed by atoms with Crippen LogP contribution in [0.25, 0.3) is 0 Å². The third-order valence-corrected chi connectivity index (χ3v) is 5.90. The summed E-state index contributed by atoms with van der Waals surface area (Å²) in [6, 6.07) is 24.2. The van der Waals surface area contributed by atoms with E-state index in [1.807, 2.05) is 30.3 Å². The Morgan fingerprint density at radius 1 is 1.00 bits per heavy atom. The van der Waals surface area contributed by atoms with Gasteiger partial charge in [-0.2, -0.15) is 0 Å². The smallest absolute Gasteiger partial charge is 0.123 e. The van der Waals surface area contributed by atoms with Crippen molar-refractivity contribution in [1.29, 1.82) is 0 Å². The average molecular weight is 404 g/mol. The van der Waals surface area contributed by atoms with Gasteiger partial charge in [0.15, 0.2) is 0 Å². The number of fused-ring (bicyclic) bond motifs is 1. The number of rotatable bonds is 7. The van der Waals surface area contributed by atoms with Crippen molar-refractivity contribution >= 4 is 0 Å². The predicted molar refractivity (Wildman–Crippen MR) is 120 cm³/mol. The summed E-state index contributed by atoms with van der Waals surface area (Å²) in [5.74, 6) is 2.25. The highest BCUT2D eigenvalue weighted by molar-refractivity contribution is 5.51. The van der Waals surface area contributed by atoms with Crippen LogP contribution in [0.5, 0.6) is 17.2 Å². The van der Waals surface area contributed by atoms with Crippen LogP contribution in [0, 0.1) is 0 Å². The number of benzene rings is 3. The van der Waals surface area contributed by atoms with Crippen molar-refractivity contribution in [3.05, 3.63) is 89.5 Å². The van der Waals surface area contributed by atoms with Crippen molar-refractivity contribution in [3.63, 3.8) is 0 Å². The molecule has 4 heteroatoms. The minimum absolute atomic E-state index is 0.100. The molecule has 2 unspecified atom stereocenters. The second kappa shape index (κ2) is 9.23. The van der Waals surface area contributed by atoms with Gasteiger partial charge in [-0.05, 0) is 55.1 Å². The van der Waals surface area contributed by atoms with Crippen LogP contribution in [-0.4, -0.2) is 43.4 Å². The molecule has 0 saturated carbocycles. The largest absolute Gasteiger partial charge is 0.508 e. The van der Waals surface area contributed by atoms with E-state index in [1.165, 1.54) is 11.1 Å². The molecule has 0 radical (unpaired) electrons. The Bertz CT molecular complexity index is 956. The Kier molecular flexibility index (Phi) is 6.24. The van der Waals surface area contributed by atoms with Crippen molar-refractivity contribution in [1.82, 2.24) is 4.90 Å². The Morgan fingerprint density at radius 2 is 1.77 bits per heavy atom. The van der Waals surface area contributed by atoms with Crippen LogP contribution in [-0.2, 0) is 0 Å². The summed E-state index contributed by atoms with van der Waals surface area (Å²) >= 11 is 0. The molecule has 0 aromatic heterocycles. The summed E-state index contributed by atoms with van der Waals surface area (Å²) in [6.07, 6.45) is 0. The third kappa shape index (κ3) is 4.44. The summed E-state index contributed by atoms with van der Waals surface area (Å²) in [5, 5.41) is 10.1. The average Bonchev–Trinajstić information content (AvgIpc) is 2.79. The van der Waals surface area contributed by atoms with Crippen LogP contribution < -0.4 is 9.47 Å². The molecular weight excluding hydrogens is 374 g/mol. The molecule has 3 aromatic rings. The van der Waals surface area contributed by atoms with E-state index in [-0.39, 0.29) is 17.6 Å². The topological polar surface area (TPSA) is 41.9 Å². The molecule has 2 atom stereocenters. The molecule has 0 bridgehead atoms. The van der Waals surface area contributed by atoms with Crippen LogP contribution in [0.1, 0.15) is 35.4 Å². The number of phenols is 1. The zero-order chi connectivity index (χ0) is 20.9. The van der Waals surface area contributed by atoms with E-state index in [0.717, 1.165) is 30.2 Å². The predicted octanol–water partition coefficient (Wildman–Crippen LogP) is 5.03. The SMILES string of the molecule is CCN(C)CCOc1ccc(C2c3cc(O)ccc3OCC2c2ccccc2)cc1. The van der Waals surface area contributed by atoms with Gasteiger partial charge in [-0.1, -0.05) is 49.4 Å². The summed E-state index contributed by atoms with van der Waals surface area (Å²) < 4.78 is 12.0. The van der Waals surface area contributed by atoms with Gasteiger partial charge in [-0.3, -0.25) is 0 Å². The number of phenolic OH excluding ortho intramolecular Hbond substituents is 1. The zero-order valence-electron chi connectivity index (χ0n) is 17.6. The normalized spacial score (nSPS) is 18.0. The Morgan fingerprint density at radius 3 is 2.50 bits per heavy atom. The molecule has 1 aliphatic rings. The molecule has 30 heavy (non-hydrogen) atoms. The van der Waals surface area contributed by atoms with E-state index in [4.69, 9.17) is 9.47 Å². The van der Waals surface area contributed by atoms with Gasteiger partial charge in [0.05, 0.1) is 6.61 Å². The number of hydrogen-bond donors (Lipinski definition) is 1. The quantitative estimate of drug-likeness (QED) is 0.601. The number of ether oxygens (including phenoxy) is 2. The molecule has 0 saturated heterocycles. The van der Waals surface area contributed by atoms with Gasteiger partial charge in [0.1, 0.15) is 23.9 Å². The van der Waals surface area contributed by atoms with Gasteiger partial charge in [0, 0.05) is 23.9 Å². The summed E-state index contributed by atoms with van der Waals surface area (Å²) in [6.45, 7) is 5.33. The molecule has 1 aliphatic heterocycles. The molecule has 1 heterocycles. The van der Waals surface area contributed by atoms with Gasteiger partial charge in [0.25, 0.3) is 0 Å². The maximum atomic E-state index is 10.1. The highest BCUT2D eigenvalue weighted by Crippen LogP contribution is 2.47. The molecule has 0 fully saturated rings. The fourth-order valence-corrected chi connectivity index (χ4v) is 4.05. The van der Waals surface area contributed by atoms with E-state index < -0.39 is 0 Å². The molecule has 156 valence electrons. The molecule has 4 rings (SSSR count). The maximum absolute atomic E-state index is 10.1. The van der Waals surface area contributed by atoms with Crippen molar-refractivity contribution in [2.24, 2.45) is 0 Å². The molecule has 0 aliphatic carbocycles. The van der Waals surface area contributed by atoms with Crippen LogP contribution in [0.15, 0.2) is 72.8 Å². The maximum Gasteiger partial charge on any atom is 0.123 e. The number of aromatic hydroxyl groups is 1. The number of nitrogens with zero attached hydrogens (tertiary/aromatic N) is 1. The minimum Gasteiger partial charge on any atom is -0.508 e. The standard InChI is InChI=1S/C26H29NO3/c1-3-27(2)15-16-29-22-12-9-20(10-13-22)26-23-17-21(28)11-14-25(23)30-18-24(26)19-7-5-4-6-8-19/h4-14,17,24,26,28H,3,15-16,18H2,1-2H3. The summed E-state index contributed by atoms with van der Waals surface area (Å²) in [4.78, 5) is 2.23. The van der Waals surface area contributed by atoms with Crippen LogP contribution >= 0.6 is 0 Å². The Hall–Kier alpha value is -2.98. The minimum atomic E-state index is 0.100. The van der Waals surface area contributed by atoms with Crippen LogP contribution in [0.3, 0.4) is 0 Å². The Balaban J connectivity index is 1.62. The highest BCUT2D eigenvalue weighted by atomic mass is 16.5. The van der Waals surface area contributed by atoms with Crippen LogP contribution in [0.2, 0.25) is 0 Å². The first-order valence-electron chi connectivity index (χ1n) is 10.6. The Labute approximate surface area is 178 Å². The van der Waals surface area contributed by atoms with Gasteiger partial charge in [-0.25, -0.2) is 0 Å². The molecule has 3 aromatic carbocycles. The molecule has 0 spiro atoms. The van der Waals surface area contributed by atoms with Gasteiger partial charge >= 0.3 is 0 Å². The van der Waals surface area contributed by atoms with E-state index in [9.17, 15) is 5.11 Å². The summed E-state index contributed by atoms with van der Waals surface area (Å²) in [7, 11) is 2.09. The van der Waals surface area contributed by atoms with E-state index >= 15 is 0 Å². The molecule has 0 amide bonds. The second-order valence-corrected chi connectivity index (χ2v) is 7.84. The first kappa shape index (κ1) is 20.3. The molecular formula is C26H29NO3. The number of likely N-dealkylation sites (N-methyl/N-ethyl adjacent to an activating group) is 1. The molecule has 1 N–H and O–H groups in total. The van der Waals surface area contributed by atoms with E-state index in [2.05, 4.69) is 55.3 Å². The third-order valence-electron chi connectivity index (χ3n) is 5.90. The monoisotopic (exact) mass is 403 g/mol. The van der Waals surface area contributed by atoms with Crippen molar-refractivity contribution in [2.45, 2.75) is 18.8 Å². The van der Waals surface area contributed by atoms with Crippen molar-refractivity contribution in [3.8, 4) is 17.2 Å². The van der Waals surface area contributed by atoms with Crippen molar-refractivity contribution in [2.75, 3.05) is 33.4 Å². The first-order valence-corrected chi connectivity index (χ1v) is 10.6. The summed E-state index contributed by atoms with van der Waals surface area (Å²) in [5.41, 5.74) is 3.45. The lowest BCUT2D eigenvalue weighted by molar-refractivity contribution is 0.243. The van der Waals surface area contributed by atoms with Crippen LogP contribution in [0.4, 0.5) is 0 Å². The molecule has 4 nitrogen and oxygen atoms in total. The van der Waals surface area contributed by atoms with Gasteiger partial charge in [0.2, 0.25) is 0 Å². The lowest BCUT2D eigenvalue weighted by Crippen LogP contribution is -2.25. The lowest BCUT2D eigenvalue weighted by atomic mass is 9.76. The number of hydrogen-bond acceptors (Lipinski definition) is 4. The highest BCUT2D eigenvalue weighted by Gasteiger charge is 2.33. The zero-order valence-corrected chi connectivity index (χ0v) is 17.6. The van der Waals surface area contributed by atoms with E-state index in [1.54, 1.807) is 6.07 Å². The van der Waals surface area contributed by atoms with Gasteiger partial charge < -0.3 is 19.5 Å². The lowest BCUT2D eigenvalue weighted by Gasteiger charge is -2.34.